The van der Waals surface area contributed by atoms with Gasteiger partial charge in [0.15, 0.2) is 0 Å². The summed E-state index contributed by atoms with van der Waals surface area (Å²) >= 11 is 11.4. The van der Waals surface area contributed by atoms with Crippen LogP contribution in [0.25, 0.3) is 0 Å². The summed E-state index contributed by atoms with van der Waals surface area (Å²) in [5.41, 5.74) is 0. The van der Waals surface area contributed by atoms with Gasteiger partial charge >= 0.3 is 0 Å². The average Bonchev–Trinajstić information content (AvgIpc) is 2.81. The monoisotopic (exact) mass is 506 g/mol. The molecule has 0 spiro atoms. The number of halogens is 2. The Morgan fingerprint density at radius 2 is 0.879 bits per heavy atom. The first-order chi connectivity index (χ1) is 16.2. The van der Waals surface area contributed by atoms with Crippen LogP contribution in [0.15, 0.2) is 24.3 Å². The Labute approximate surface area is 215 Å². The van der Waals surface area contributed by atoms with Gasteiger partial charge in [0.1, 0.15) is 13.6 Å². The van der Waals surface area contributed by atoms with E-state index in [1.807, 2.05) is 0 Å². The van der Waals surface area contributed by atoms with Crippen molar-refractivity contribution in [1.82, 2.24) is 0 Å². The lowest BCUT2D eigenvalue weighted by Gasteiger charge is -2.14. The molecule has 2 atom stereocenters. The second-order valence-corrected chi connectivity index (χ2v) is 9.74. The van der Waals surface area contributed by atoms with Gasteiger partial charge in [0.25, 0.3) is 0 Å². The molecule has 0 fully saturated rings. The van der Waals surface area contributed by atoms with Gasteiger partial charge in [-0.2, -0.15) is 0 Å². The summed E-state index contributed by atoms with van der Waals surface area (Å²) in [5, 5.41) is 0. The third-order valence-electron chi connectivity index (χ3n) is 5.69. The zero-order valence-corrected chi connectivity index (χ0v) is 23.1. The van der Waals surface area contributed by atoms with Crippen LogP contribution in [0.1, 0.15) is 117 Å². The summed E-state index contributed by atoms with van der Waals surface area (Å²) in [6, 6.07) is 0. The van der Waals surface area contributed by atoms with Gasteiger partial charge in [-0.15, -0.1) is 23.2 Å². The first kappa shape index (κ1) is 32.9. The molecule has 0 saturated carbocycles. The Morgan fingerprint density at radius 1 is 0.515 bits per heavy atom. The molecule has 0 aromatic heterocycles. The number of rotatable bonds is 26. The zero-order valence-electron chi connectivity index (χ0n) is 21.6. The summed E-state index contributed by atoms with van der Waals surface area (Å²) in [7, 11) is 0. The molecule has 0 amide bonds. The van der Waals surface area contributed by atoms with E-state index in [1.165, 1.54) is 64.2 Å². The number of hydrogen-bond donors (Lipinski definition) is 0. The van der Waals surface area contributed by atoms with Crippen LogP contribution in [0.3, 0.4) is 0 Å². The van der Waals surface area contributed by atoms with Crippen LogP contribution in [-0.4, -0.2) is 37.6 Å². The van der Waals surface area contributed by atoms with Crippen molar-refractivity contribution in [2.24, 2.45) is 0 Å². The third-order valence-corrected chi connectivity index (χ3v) is 6.23. The van der Waals surface area contributed by atoms with Crippen molar-refractivity contribution in [3.8, 4) is 0 Å². The number of hydrogen-bond acceptors (Lipinski definition) is 3. The van der Waals surface area contributed by atoms with Gasteiger partial charge in [-0.1, -0.05) is 62.8 Å². The van der Waals surface area contributed by atoms with E-state index in [9.17, 15) is 0 Å². The van der Waals surface area contributed by atoms with Crippen LogP contribution in [0.2, 0.25) is 0 Å². The second kappa shape index (κ2) is 28.2. The highest BCUT2D eigenvalue weighted by atomic mass is 35.5. The third kappa shape index (κ3) is 28.1. The highest BCUT2D eigenvalue weighted by molar-refractivity contribution is 6.18. The Kier molecular flexibility index (Phi) is 28.1. The predicted octanol–water partition coefficient (Wildman–Crippen LogP) is 9.56. The van der Waals surface area contributed by atoms with Crippen LogP contribution in [0, 0.1) is 0 Å². The lowest BCUT2D eigenvalue weighted by atomic mass is 10.1. The molecule has 196 valence electrons. The molecule has 5 heteroatoms. The van der Waals surface area contributed by atoms with Crippen LogP contribution >= 0.6 is 23.2 Å². The van der Waals surface area contributed by atoms with Gasteiger partial charge in [-0.05, 0) is 78.1 Å². The van der Waals surface area contributed by atoms with Crippen LogP contribution < -0.4 is 0 Å². The van der Waals surface area contributed by atoms with E-state index < -0.39 is 0 Å². The molecular formula is C28H52Cl2O3. The fraction of sp³-hybridized carbons (Fsp3) is 0.857. The van der Waals surface area contributed by atoms with Gasteiger partial charge in [0, 0.05) is 11.8 Å². The predicted molar refractivity (Wildman–Crippen MR) is 146 cm³/mol. The smallest absolute Gasteiger partial charge is 0.149 e. The molecule has 0 rings (SSSR count). The molecule has 0 radical (unpaired) electrons. The highest BCUT2D eigenvalue weighted by Crippen LogP contribution is 2.09. The van der Waals surface area contributed by atoms with Crippen molar-refractivity contribution in [3.63, 3.8) is 0 Å². The van der Waals surface area contributed by atoms with Crippen molar-refractivity contribution in [1.29, 1.82) is 0 Å². The standard InChI is InChI=1S/C28H52Cl2O3/c1-27(21-17-13-9-5-3-7-11-15-19-23-29)32-25-31-26-33-28(2)22-18-14-10-6-4-8-12-16-20-24-30/h9-10,13-14,27-28H,3-8,11-12,15-26H2,1-2H3. The lowest BCUT2D eigenvalue weighted by molar-refractivity contribution is -0.160. The lowest BCUT2D eigenvalue weighted by Crippen LogP contribution is -2.15. The normalized spacial score (nSPS) is 13.9. The van der Waals surface area contributed by atoms with Crippen molar-refractivity contribution in [3.05, 3.63) is 24.3 Å². The highest BCUT2D eigenvalue weighted by Gasteiger charge is 2.03. The summed E-state index contributed by atoms with van der Waals surface area (Å²) in [6.07, 6.45) is 28.7. The van der Waals surface area contributed by atoms with Crippen molar-refractivity contribution < 1.29 is 14.2 Å². The number of alkyl halides is 2. The Morgan fingerprint density at radius 3 is 1.30 bits per heavy atom. The van der Waals surface area contributed by atoms with E-state index in [4.69, 9.17) is 37.4 Å². The summed E-state index contributed by atoms with van der Waals surface area (Å²) in [5.74, 6) is 1.60. The van der Waals surface area contributed by atoms with E-state index in [2.05, 4.69) is 38.2 Å². The van der Waals surface area contributed by atoms with Crippen molar-refractivity contribution >= 4 is 23.2 Å². The fourth-order valence-electron chi connectivity index (χ4n) is 3.44. The van der Waals surface area contributed by atoms with Crippen LogP contribution in [0.5, 0.6) is 0 Å². The van der Waals surface area contributed by atoms with E-state index >= 15 is 0 Å². The maximum atomic E-state index is 5.71. The molecule has 0 bridgehead atoms. The van der Waals surface area contributed by atoms with E-state index in [-0.39, 0.29) is 12.2 Å². The molecular weight excluding hydrogens is 455 g/mol. The molecule has 0 aliphatic heterocycles. The maximum absolute atomic E-state index is 5.71. The molecule has 33 heavy (non-hydrogen) atoms. The van der Waals surface area contributed by atoms with Crippen LogP contribution in [-0.2, 0) is 14.2 Å². The van der Waals surface area contributed by atoms with Gasteiger partial charge < -0.3 is 14.2 Å². The number of allylic oxidation sites excluding steroid dienone is 4. The summed E-state index contributed by atoms with van der Waals surface area (Å²) in [4.78, 5) is 0. The van der Waals surface area contributed by atoms with Gasteiger partial charge in [-0.25, -0.2) is 0 Å². The molecule has 0 aromatic rings. The minimum absolute atomic E-state index is 0.202. The molecule has 0 aromatic carbocycles. The van der Waals surface area contributed by atoms with Crippen LogP contribution in [0.4, 0.5) is 0 Å². The fourth-order valence-corrected chi connectivity index (χ4v) is 3.81. The Balaban J connectivity index is 3.39. The molecule has 0 N–H and O–H groups in total. The number of unbranched alkanes of at least 4 members (excludes halogenated alkanes) is 10. The van der Waals surface area contributed by atoms with Gasteiger partial charge in [0.05, 0.1) is 12.2 Å². The first-order valence-electron chi connectivity index (χ1n) is 13.4. The van der Waals surface area contributed by atoms with E-state index in [0.29, 0.717) is 13.6 Å². The quantitative estimate of drug-likeness (QED) is 0.0505. The Hall–Kier alpha value is -0.0600. The first-order valence-corrected chi connectivity index (χ1v) is 14.5. The molecule has 0 aliphatic carbocycles. The molecule has 0 saturated heterocycles. The molecule has 0 heterocycles. The zero-order chi connectivity index (χ0) is 24.2. The van der Waals surface area contributed by atoms with Crippen molar-refractivity contribution in [2.75, 3.05) is 25.3 Å². The van der Waals surface area contributed by atoms with Crippen molar-refractivity contribution in [2.45, 2.75) is 129 Å². The maximum Gasteiger partial charge on any atom is 0.149 e. The second-order valence-electron chi connectivity index (χ2n) is 8.98. The molecule has 2 unspecified atom stereocenters. The Bertz CT molecular complexity index is 391. The van der Waals surface area contributed by atoms with Gasteiger partial charge in [0.2, 0.25) is 0 Å². The average molecular weight is 508 g/mol. The molecule has 0 aliphatic rings. The summed E-state index contributed by atoms with van der Waals surface area (Å²) < 4.78 is 16.9. The van der Waals surface area contributed by atoms with Gasteiger partial charge in [-0.3, -0.25) is 0 Å². The SMILES string of the molecule is CC(CCC=CCCCCCCCCl)OCOCOC(C)CCC=CCCCCCCCCl. The minimum atomic E-state index is 0.202. The number of ether oxygens (including phenoxy) is 3. The minimum Gasteiger partial charge on any atom is -0.352 e. The summed E-state index contributed by atoms with van der Waals surface area (Å²) in [6.45, 7) is 4.79. The van der Waals surface area contributed by atoms with E-state index in [0.717, 1.165) is 50.3 Å². The topological polar surface area (TPSA) is 27.7 Å². The largest absolute Gasteiger partial charge is 0.352 e. The van der Waals surface area contributed by atoms with E-state index in [1.54, 1.807) is 0 Å². The molecule has 3 nitrogen and oxygen atoms in total.